The minimum absolute atomic E-state index is 0.226. The summed E-state index contributed by atoms with van der Waals surface area (Å²) in [5.74, 6) is -0.183. The zero-order valence-corrected chi connectivity index (χ0v) is 11.4. The van der Waals surface area contributed by atoms with Crippen LogP contribution >= 0.6 is 11.6 Å². The van der Waals surface area contributed by atoms with Gasteiger partial charge in [0, 0.05) is 10.6 Å². The molecule has 0 heterocycles. The van der Waals surface area contributed by atoms with Crippen molar-refractivity contribution in [2.45, 2.75) is 6.92 Å². The van der Waals surface area contributed by atoms with Crippen molar-refractivity contribution in [1.29, 1.82) is 0 Å². The van der Waals surface area contributed by atoms with E-state index in [1.54, 1.807) is 37.3 Å². The quantitative estimate of drug-likeness (QED) is 0.849. The van der Waals surface area contributed by atoms with Crippen molar-refractivity contribution in [2.24, 2.45) is 0 Å². The van der Waals surface area contributed by atoms with Gasteiger partial charge in [0.15, 0.2) is 0 Å². The molecule has 98 valence electrons. The fraction of sp³-hybridized carbons (Fsp3) is 0.133. The molecule has 2 rings (SSSR count). The number of halogens is 1. The highest BCUT2D eigenvalue weighted by molar-refractivity contribution is 6.33. The Labute approximate surface area is 116 Å². The molecular weight excluding hydrogens is 264 g/mol. The van der Waals surface area contributed by atoms with Crippen LogP contribution in [0, 0.1) is 6.92 Å². The van der Waals surface area contributed by atoms with Crippen LogP contribution in [0.1, 0.15) is 15.9 Å². The maximum atomic E-state index is 11.5. The number of phenolic OH excluding ortho intramolecular Hbond substituents is 1. The van der Waals surface area contributed by atoms with Gasteiger partial charge in [0.2, 0.25) is 0 Å². The maximum Gasteiger partial charge on any atom is 0.337 e. The molecule has 0 spiro atoms. The third-order valence-electron chi connectivity index (χ3n) is 2.90. The van der Waals surface area contributed by atoms with Gasteiger partial charge < -0.3 is 9.84 Å². The molecular formula is C15H13ClO3. The Kier molecular flexibility index (Phi) is 3.76. The monoisotopic (exact) mass is 276 g/mol. The summed E-state index contributed by atoms with van der Waals surface area (Å²) < 4.78 is 4.69. The molecule has 3 nitrogen and oxygen atoms in total. The first-order chi connectivity index (χ1) is 9.02. The van der Waals surface area contributed by atoms with Crippen molar-refractivity contribution in [3.63, 3.8) is 0 Å². The van der Waals surface area contributed by atoms with Gasteiger partial charge in [-0.3, -0.25) is 0 Å². The second-order valence-corrected chi connectivity index (χ2v) is 4.59. The van der Waals surface area contributed by atoms with Crippen LogP contribution in [0.5, 0.6) is 5.75 Å². The fourth-order valence-corrected chi connectivity index (χ4v) is 2.04. The summed E-state index contributed by atoms with van der Waals surface area (Å²) >= 11 is 6.16. The average Bonchev–Trinajstić information content (AvgIpc) is 2.41. The number of hydrogen-bond acceptors (Lipinski definition) is 3. The first-order valence-corrected chi connectivity index (χ1v) is 6.08. The molecule has 0 aliphatic rings. The van der Waals surface area contributed by atoms with Crippen LogP contribution in [0.15, 0.2) is 36.4 Å². The molecule has 0 unspecified atom stereocenters. The summed E-state index contributed by atoms with van der Waals surface area (Å²) in [4.78, 5) is 11.5. The van der Waals surface area contributed by atoms with Crippen molar-refractivity contribution in [1.82, 2.24) is 0 Å². The lowest BCUT2D eigenvalue weighted by molar-refractivity contribution is 0.0601. The average molecular weight is 277 g/mol. The molecule has 2 aromatic rings. The molecule has 4 heteroatoms. The molecule has 0 bridgehead atoms. The van der Waals surface area contributed by atoms with Crippen LogP contribution < -0.4 is 0 Å². The largest absolute Gasteiger partial charge is 0.508 e. The van der Waals surface area contributed by atoms with Crippen LogP contribution in [0.3, 0.4) is 0 Å². The van der Waals surface area contributed by atoms with E-state index >= 15 is 0 Å². The molecule has 2 aromatic carbocycles. The van der Waals surface area contributed by atoms with Crippen LogP contribution in [0.25, 0.3) is 11.1 Å². The number of benzene rings is 2. The number of rotatable bonds is 2. The second kappa shape index (κ2) is 5.33. The van der Waals surface area contributed by atoms with Crippen molar-refractivity contribution in [3.05, 3.63) is 52.5 Å². The van der Waals surface area contributed by atoms with Crippen LogP contribution in [-0.4, -0.2) is 18.2 Å². The number of carbonyl (C=O) groups is 1. The number of phenols is 1. The van der Waals surface area contributed by atoms with Gasteiger partial charge in [0.25, 0.3) is 0 Å². The molecule has 0 amide bonds. The maximum absolute atomic E-state index is 11.5. The summed E-state index contributed by atoms with van der Waals surface area (Å²) in [5, 5.41) is 10.1. The summed E-state index contributed by atoms with van der Waals surface area (Å²) in [6.45, 7) is 1.80. The molecule has 19 heavy (non-hydrogen) atoms. The normalized spacial score (nSPS) is 10.3. The molecule has 0 aromatic heterocycles. The number of aryl methyl sites for hydroxylation is 1. The second-order valence-electron chi connectivity index (χ2n) is 4.19. The smallest absolute Gasteiger partial charge is 0.337 e. The van der Waals surface area contributed by atoms with E-state index in [-0.39, 0.29) is 5.75 Å². The van der Waals surface area contributed by atoms with E-state index in [0.717, 1.165) is 16.7 Å². The van der Waals surface area contributed by atoms with Crippen molar-refractivity contribution in [3.8, 4) is 16.9 Å². The predicted octanol–water partition coefficient (Wildman–Crippen LogP) is 3.81. The van der Waals surface area contributed by atoms with E-state index in [1.807, 2.05) is 6.07 Å². The Morgan fingerprint density at radius 3 is 2.58 bits per heavy atom. The Bertz CT molecular complexity index is 635. The number of ether oxygens (including phenoxy) is 1. The molecule has 0 saturated carbocycles. The number of hydrogen-bond donors (Lipinski definition) is 1. The lowest BCUT2D eigenvalue weighted by Crippen LogP contribution is -2.01. The molecule has 0 aliphatic carbocycles. The van der Waals surface area contributed by atoms with Gasteiger partial charge in [-0.1, -0.05) is 17.7 Å². The molecule has 1 N–H and O–H groups in total. The number of methoxy groups -OCH3 is 1. The third-order valence-corrected chi connectivity index (χ3v) is 3.22. The summed E-state index contributed by atoms with van der Waals surface area (Å²) in [5.41, 5.74) is 2.75. The third kappa shape index (κ3) is 2.71. The molecule has 0 aliphatic heterocycles. The van der Waals surface area contributed by atoms with Crippen LogP contribution in [0.4, 0.5) is 0 Å². The van der Waals surface area contributed by atoms with E-state index in [1.165, 1.54) is 7.11 Å². The molecule has 0 radical (unpaired) electrons. The minimum atomic E-state index is -0.409. The number of aromatic hydroxyl groups is 1. The van der Waals surface area contributed by atoms with E-state index in [4.69, 9.17) is 11.6 Å². The van der Waals surface area contributed by atoms with Gasteiger partial charge in [-0.05, 0) is 48.4 Å². The predicted molar refractivity (Wildman–Crippen MR) is 74.6 cm³/mol. The first-order valence-electron chi connectivity index (χ1n) is 5.71. The van der Waals surface area contributed by atoms with E-state index in [0.29, 0.717) is 10.6 Å². The summed E-state index contributed by atoms with van der Waals surface area (Å²) in [7, 11) is 1.33. The standard InChI is InChI=1S/C15H13ClO3/c1-9-7-10(4-6-14(9)17)12-8-11(15(18)19-2)3-5-13(12)16/h3-8,17H,1-2H3. The zero-order chi connectivity index (χ0) is 14.0. The highest BCUT2D eigenvalue weighted by atomic mass is 35.5. The lowest BCUT2D eigenvalue weighted by atomic mass is 10.0. The van der Waals surface area contributed by atoms with Gasteiger partial charge in [-0.2, -0.15) is 0 Å². The Morgan fingerprint density at radius 2 is 1.95 bits per heavy atom. The number of carbonyl (C=O) groups excluding carboxylic acids is 1. The summed E-state index contributed by atoms with van der Waals surface area (Å²) in [6, 6.07) is 10.1. The molecule has 0 fully saturated rings. The van der Waals surface area contributed by atoms with E-state index in [9.17, 15) is 9.90 Å². The van der Waals surface area contributed by atoms with E-state index in [2.05, 4.69) is 4.74 Å². The Morgan fingerprint density at radius 1 is 1.21 bits per heavy atom. The van der Waals surface area contributed by atoms with Crippen molar-refractivity contribution in [2.75, 3.05) is 7.11 Å². The van der Waals surface area contributed by atoms with Gasteiger partial charge in [-0.15, -0.1) is 0 Å². The minimum Gasteiger partial charge on any atom is -0.508 e. The SMILES string of the molecule is COC(=O)c1ccc(Cl)c(-c2ccc(O)c(C)c2)c1. The topological polar surface area (TPSA) is 46.5 Å². The van der Waals surface area contributed by atoms with E-state index < -0.39 is 5.97 Å². The first kappa shape index (κ1) is 13.4. The molecule has 0 saturated heterocycles. The van der Waals surface area contributed by atoms with Crippen LogP contribution in [0.2, 0.25) is 5.02 Å². The zero-order valence-electron chi connectivity index (χ0n) is 10.6. The highest BCUT2D eigenvalue weighted by Crippen LogP contribution is 2.31. The summed E-state index contributed by atoms with van der Waals surface area (Å²) in [6.07, 6.45) is 0. The highest BCUT2D eigenvalue weighted by Gasteiger charge is 2.11. The molecule has 0 atom stereocenters. The van der Waals surface area contributed by atoms with Gasteiger partial charge in [0.05, 0.1) is 12.7 Å². The van der Waals surface area contributed by atoms with Gasteiger partial charge in [-0.25, -0.2) is 4.79 Å². The lowest BCUT2D eigenvalue weighted by Gasteiger charge is -2.08. The van der Waals surface area contributed by atoms with Crippen molar-refractivity contribution >= 4 is 17.6 Å². The van der Waals surface area contributed by atoms with Gasteiger partial charge in [0.1, 0.15) is 5.75 Å². The van der Waals surface area contributed by atoms with Crippen LogP contribution in [-0.2, 0) is 4.74 Å². The fourth-order valence-electron chi connectivity index (χ4n) is 1.81. The van der Waals surface area contributed by atoms with Crippen molar-refractivity contribution < 1.29 is 14.6 Å². The Balaban J connectivity index is 2.54. The Hall–Kier alpha value is -2.00. The number of esters is 1. The van der Waals surface area contributed by atoms with Gasteiger partial charge >= 0.3 is 5.97 Å².